The zero-order valence-corrected chi connectivity index (χ0v) is 21.1. The van der Waals surface area contributed by atoms with Crippen LogP contribution in [0.15, 0.2) is 72.8 Å². The number of hydrogen-bond acceptors (Lipinski definition) is 5. The lowest BCUT2D eigenvalue weighted by atomic mass is 9.55. The molecule has 5 atom stereocenters. The molecule has 2 saturated carbocycles. The average molecular weight is 497 g/mol. The van der Waals surface area contributed by atoms with Gasteiger partial charge in [-0.2, -0.15) is 0 Å². The molecule has 3 aliphatic rings. The van der Waals surface area contributed by atoms with Crippen LogP contribution in [0.25, 0.3) is 0 Å². The predicted octanol–water partition coefficient (Wildman–Crippen LogP) is 6.69. The molecule has 0 unspecified atom stereocenters. The Balaban J connectivity index is 1.23. The van der Waals surface area contributed by atoms with Gasteiger partial charge in [0, 0.05) is 11.0 Å². The summed E-state index contributed by atoms with van der Waals surface area (Å²) in [6, 6.07) is 21.8. The van der Waals surface area contributed by atoms with Gasteiger partial charge in [-0.25, -0.2) is 9.59 Å². The predicted molar refractivity (Wildman–Crippen MR) is 140 cm³/mol. The van der Waals surface area contributed by atoms with Crippen LogP contribution in [0, 0.1) is 17.3 Å². The van der Waals surface area contributed by atoms with E-state index in [4.69, 9.17) is 9.47 Å². The minimum atomic E-state index is -0.457. The summed E-state index contributed by atoms with van der Waals surface area (Å²) in [7, 11) is 0. The third-order valence-electron chi connectivity index (χ3n) is 9.22. The van der Waals surface area contributed by atoms with Gasteiger partial charge in [0.2, 0.25) is 0 Å². The molecule has 0 saturated heterocycles. The maximum absolute atomic E-state index is 12.8. The van der Waals surface area contributed by atoms with Crippen LogP contribution in [0.3, 0.4) is 0 Å². The molecule has 37 heavy (non-hydrogen) atoms. The van der Waals surface area contributed by atoms with Crippen molar-refractivity contribution < 1.29 is 24.2 Å². The van der Waals surface area contributed by atoms with Gasteiger partial charge in [-0.1, -0.05) is 49.4 Å². The van der Waals surface area contributed by atoms with E-state index in [9.17, 15) is 14.7 Å². The molecule has 6 rings (SSSR count). The van der Waals surface area contributed by atoms with Gasteiger partial charge >= 0.3 is 11.9 Å². The number of benzene rings is 3. The molecule has 5 nitrogen and oxygen atoms in total. The summed E-state index contributed by atoms with van der Waals surface area (Å²) in [5.74, 6) is 0.923. The van der Waals surface area contributed by atoms with Crippen LogP contribution in [0.2, 0.25) is 0 Å². The van der Waals surface area contributed by atoms with Gasteiger partial charge in [0.1, 0.15) is 6.10 Å². The van der Waals surface area contributed by atoms with Crippen molar-refractivity contribution in [1.82, 2.24) is 0 Å². The van der Waals surface area contributed by atoms with E-state index in [1.165, 1.54) is 5.56 Å². The maximum atomic E-state index is 12.8. The van der Waals surface area contributed by atoms with E-state index in [1.54, 1.807) is 30.3 Å². The van der Waals surface area contributed by atoms with Crippen molar-refractivity contribution in [2.24, 2.45) is 17.3 Å². The highest BCUT2D eigenvalue weighted by molar-refractivity contribution is 5.91. The summed E-state index contributed by atoms with van der Waals surface area (Å²) in [6.45, 7) is 2.31. The van der Waals surface area contributed by atoms with E-state index >= 15 is 0 Å². The highest BCUT2D eigenvalue weighted by Gasteiger charge is 2.56. The van der Waals surface area contributed by atoms with Crippen LogP contribution in [0.4, 0.5) is 0 Å². The van der Waals surface area contributed by atoms with Crippen molar-refractivity contribution in [3.8, 4) is 11.5 Å². The zero-order chi connectivity index (χ0) is 25.6. The Morgan fingerprint density at radius 2 is 1.51 bits per heavy atom. The molecule has 1 N–H and O–H groups in total. The highest BCUT2D eigenvalue weighted by atomic mass is 16.5. The number of carbonyl (C=O) groups is 2. The van der Waals surface area contributed by atoms with Crippen LogP contribution in [-0.4, -0.2) is 23.1 Å². The van der Waals surface area contributed by atoms with Crippen molar-refractivity contribution in [3.05, 3.63) is 95.1 Å². The first-order valence-electron chi connectivity index (χ1n) is 13.3. The van der Waals surface area contributed by atoms with E-state index in [1.807, 2.05) is 42.5 Å². The van der Waals surface area contributed by atoms with Gasteiger partial charge in [-0.05, 0) is 92.2 Å². The van der Waals surface area contributed by atoms with E-state index in [2.05, 4.69) is 6.92 Å². The van der Waals surface area contributed by atoms with Gasteiger partial charge in [0.05, 0.1) is 11.1 Å². The minimum absolute atomic E-state index is 0.0101. The molecule has 5 heteroatoms. The quantitative estimate of drug-likeness (QED) is 0.322. The molecule has 3 aromatic rings. The summed E-state index contributed by atoms with van der Waals surface area (Å²) >= 11 is 0. The molecule has 0 aromatic heterocycles. The summed E-state index contributed by atoms with van der Waals surface area (Å²) in [4.78, 5) is 25.6. The molecule has 0 radical (unpaired) electrons. The third kappa shape index (κ3) is 4.11. The number of hydrogen-bond donors (Lipinski definition) is 1. The molecule has 0 amide bonds. The molecule has 0 heterocycles. The second-order valence-electron chi connectivity index (χ2n) is 11.0. The summed E-state index contributed by atoms with van der Waals surface area (Å²) in [6.07, 6.45) is 5.56. The first kappa shape index (κ1) is 23.8. The molecule has 0 aliphatic heterocycles. The van der Waals surface area contributed by atoms with Gasteiger partial charge in [-0.3, -0.25) is 0 Å². The Labute approximate surface area is 217 Å². The van der Waals surface area contributed by atoms with E-state index < -0.39 is 5.97 Å². The van der Waals surface area contributed by atoms with Crippen molar-refractivity contribution in [2.45, 2.75) is 57.5 Å². The van der Waals surface area contributed by atoms with Crippen molar-refractivity contribution >= 4 is 11.9 Å². The number of rotatable bonds is 4. The van der Waals surface area contributed by atoms with Crippen LogP contribution >= 0.6 is 0 Å². The summed E-state index contributed by atoms with van der Waals surface area (Å²) < 4.78 is 11.9. The molecular formula is C32H32O5. The molecule has 3 aromatic carbocycles. The number of ether oxygens (including phenoxy) is 2. The standard InChI is InChI=1S/C32H32O5/c1-32-19-18-23-22-14-16-27(33)29(37-31(35)21-10-6-3-7-11-21)25(22)13-12-24(23)26(32)15-17-28(32)36-30(34)20-8-4-2-5-9-20/h2-11,14,16,23-24,26,28,33H,12-13,15,17-19H2,1H3/t23-,24-,26+,28+,32+/m1/s1. The van der Waals surface area contributed by atoms with Gasteiger partial charge in [0.25, 0.3) is 0 Å². The lowest BCUT2D eigenvalue weighted by Crippen LogP contribution is -2.45. The fourth-order valence-corrected chi connectivity index (χ4v) is 7.38. The minimum Gasteiger partial charge on any atom is -0.504 e. The van der Waals surface area contributed by atoms with Crippen LogP contribution < -0.4 is 4.74 Å². The number of carbonyl (C=O) groups excluding carboxylic acids is 2. The highest BCUT2D eigenvalue weighted by Crippen LogP contribution is 2.62. The van der Waals surface area contributed by atoms with Crippen LogP contribution in [-0.2, 0) is 11.2 Å². The van der Waals surface area contributed by atoms with Gasteiger partial charge in [0.15, 0.2) is 11.5 Å². The first-order valence-corrected chi connectivity index (χ1v) is 13.3. The SMILES string of the molecule is C[C@]12CC[C@@H]3c4ccc(O)c(OC(=O)c5ccccc5)c4CC[C@H]3[C@@H]1CC[C@@H]2OC(=O)c1ccccc1. The third-order valence-corrected chi connectivity index (χ3v) is 9.22. The topological polar surface area (TPSA) is 72.8 Å². The number of esters is 2. The fourth-order valence-electron chi connectivity index (χ4n) is 7.38. The van der Waals surface area contributed by atoms with E-state index in [0.717, 1.165) is 44.1 Å². The van der Waals surface area contributed by atoms with Crippen LogP contribution in [0.1, 0.15) is 76.8 Å². The van der Waals surface area contributed by atoms with E-state index in [-0.39, 0.29) is 23.2 Å². The lowest BCUT2D eigenvalue weighted by Gasteiger charge is -2.50. The molecule has 190 valence electrons. The summed E-state index contributed by atoms with van der Waals surface area (Å²) in [5, 5.41) is 10.6. The lowest BCUT2D eigenvalue weighted by molar-refractivity contribution is -0.0428. The summed E-state index contributed by atoms with van der Waals surface area (Å²) in [5.41, 5.74) is 3.18. The van der Waals surface area contributed by atoms with E-state index in [0.29, 0.717) is 34.6 Å². The number of fused-ring (bicyclic) bond motifs is 5. The molecule has 0 bridgehead atoms. The van der Waals surface area contributed by atoms with Gasteiger partial charge in [-0.15, -0.1) is 0 Å². The molecular weight excluding hydrogens is 464 g/mol. The van der Waals surface area contributed by atoms with Crippen molar-refractivity contribution in [1.29, 1.82) is 0 Å². The van der Waals surface area contributed by atoms with Crippen molar-refractivity contribution in [3.63, 3.8) is 0 Å². The molecule has 0 spiro atoms. The Hall–Kier alpha value is -3.60. The Morgan fingerprint density at radius 3 is 2.22 bits per heavy atom. The molecule has 2 fully saturated rings. The second kappa shape index (κ2) is 9.37. The Kier molecular flexibility index (Phi) is 6.02. The van der Waals surface area contributed by atoms with Gasteiger partial charge < -0.3 is 14.6 Å². The largest absolute Gasteiger partial charge is 0.504 e. The second-order valence-corrected chi connectivity index (χ2v) is 11.0. The zero-order valence-electron chi connectivity index (χ0n) is 21.1. The average Bonchev–Trinajstić information content (AvgIpc) is 3.26. The number of aromatic hydroxyl groups is 1. The number of phenols is 1. The normalized spacial score (nSPS) is 27.9. The Morgan fingerprint density at radius 1 is 0.838 bits per heavy atom. The Bertz CT molecular complexity index is 1320. The van der Waals surface area contributed by atoms with Crippen molar-refractivity contribution in [2.75, 3.05) is 0 Å². The smallest absolute Gasteiger partial charge is 0.343 e. The van der Waals surface area contributed by atoms with Crippen LogP contribution in [0.5, 0.6) is 11.5 Å². The fraction of sp³-hybridized carbons (Fsp3) is 0.375. The molecule has 3 aliphatic carbocycles. The number of phenolic OH excluding ortho intramolecular Hbond substituents is 1. The monoisotopic (exact) mass is 496 g/mol. The maximum Gasteiger partial charge on any atom is 0.343 e. The first-order chi connectivity index (χ1) is 18.0.